The molecule has 3 heterocycles. The molecule has 1 N–H and O–H groups in total. The van der Waals surface area contributed by atoms with E-state index in [1.165, 1.54) is 11.3 Å². The first kappa shape index (κ1) is 17.8. The molecule has 4 aromatic rings. The van der Waals surface area contributed by atoms with Crippen LogP contribution >= 0.6 is 27.3 Å². The number of hydrogen-bond acceptors (Lipinski definition) is 4. The SMILES string of the molecule is C=C(C)CN=c1scc(-c2ccco2)n1N=Cc1c[nH]c2ccc(Br)cc12. The number of thiazole rings is 1. The Bertz CT molecular complexity index is 1190. The van der Waals surface area contributed by atoms with Gasteiger partial charge < -0.3 is 9.40 Å². The van der Waals surface area contributed by atoms with Crippen molar-refractivity contribution in [3.8, 4) is 11.5 Å². The Morgan fingerprint density at radius 1 is 1.41 bits per heavy atom. The number of aromatic amines is 1. The van der Waals surface area contributed by atoms with Crippen molar-refractivity contribution in [2.45, 2.75) is 6.92 Å². The Kier molecular flexibility index (Phi) is 4.96. The van der Waals surface area contributed by atoms with Crippen LogP contribution < -0.4 is 4.80 Å². The quantitative estimate of drug-likeness (QED) is 0.327. The van der Waals surface area contributed by atoms with Crippen LogP contribution in [-0.4, -0.2) is 22.4 Å². The highest BCUT2D eigenvalue weighted by Crippen LogP contribution is 2.23. The summed E-state index contributed by atoms with van der Waals surface area (Å²) in [5.41, 5.74) is 3.93. The number of H-pyrrole nitrogens is 1. The second-order valence-electron chi connectivity index (χ2n) is 6.14. The molecule has 0 aliphatic carbocycles. The van der Waals surface area contributed by atoms with Gasteiger partial charge in [0, 0.05) is 32.5 Å². The molecular formula is C20H17BrN4OS. The zero-order valence-corrected chi connectivity index (χ0v) is 17.0. The van der Waals surface area contributed by atoms with Crippen LogP contribution in [0.15, 0.2) is 79.3 Å². The maximum absolute atomic E-state index is 5.56. The van der Waals surface area contributed by atoms with Crippen molar-refractivity contribution in [2.24, 2.45) is 10.1 Å². The minimum atomic E-state index is 0.563. The summed E-state index contributed by atoms with van der Waals surface area (Å²) in [7, 11) is 0. The van der Waals surface area contributed by atoms with E-state index in [4.69, 9.17) is 9.52 Å². The van der Waals surface area contributed by atoms with E-state index >= 15 is 0 Å². The molecule has 5 nitrogen and oxygen atoms in total. The van der Waals surface area contributed by atoms with Crippen LogP contribution in [0.5, 0.6) is 0 Å². The van der Waals surface area contributed by atoms with Gasteiger partial charge in [-0.2, -0.15) is 5.10 Å². The van der Waals surface area contributed by atoms with Crippen LogP contribution in [0.2, 0.25) is 0 Å². The molecule has 0 atom stereocenters. The largest absolute Gasteiger partial charge is 0.463 e. The fourth-order valence-electron chi connectivity index (χ4n) is 2.66. The van der Waals surface area contributed by atoms with E-state index in [0.29, 0.717) is 6.54 Å². The minimum absolute atomic E-state index is 0.563. The summed E-state index contributed by atoms with van der Waals surface area (Å²) in [6.07, 6.45) is 5.44. The van der Waals surface area contributed by atoms with Crippen molar-refractivity contribution in [1.29, 1.82) is 0 Å². The second-order valence-corrected chi connectivity index (χ2v) is 7.90. The molecule has 136 valence electrons. The average molecular weight is 441 g/mol. The number of hydrogen-bond donors (Lipinski definition) is 1. The molecule has 0 spiro atoms. The smallest absolute Gasteiger partial charge is 0.206 e. The van der Waals surface area contributed by atoms with Gasteiger partial charge in [-0.1, -0.05) is 28.1 Å². The Balaban J connectivity index is 1.80. The van der Waals surface area contributed by atoms with E-state index in [9.17, 15) is 0 Å². The van der Waals surface area contributed by atoms with E-state index in [1.54, 1.807) is 6.26 Å². The minimum Gasteiger partial charge on any atom is -0.463 e. The summed E-state index contributed by atoms with van der Waals surface area (Å²) in [5.74, 6) is 0.752. The molecule has 0 aliphatic rings. The first-order valence-corrected chi connectivity index (χ1v) is 9.99. The van der Waals surface area contributed by atoms with Gasteiger partial charge in [-0.25, -0.2) is 4.68 Å². The van der Waals surface area contributed by atoms with Crippen molar-refractivity contribution in [1.82, 2.24) is 9.66 Å². The maximum atomic E-state index is 5.56. The van der Waals surface area contributed by atoms with Gasteiger partial charge in [0.05, 0.1) is 19.0 Å². The van der Waals surface area contributed by atoms with Gasteiger partial charge >= 0.3 is 0 Å². The van der Waals surface area contributed by atoms with Gasteiger partial charge in [-0.05, 0) is 37.3 Å². The average Bonchev–Trinajstić information content (AvgIpc) is 3.37. The van der Waals surface area contributed by atoms with Gasteiger partial charge in [0.1, 0.15) is 5.69 Å². The lowest BCUT2D eigenvalue weighted by Gasteiger charge is -2.00. The summed E-state index contributed by atoms with van der Waals surface area (Å²) in [6.45, 7) is 6.45. The first-order chi connectivity index (χ1) is 13.1. The number of rotatable bonds is 5. The third kappa shape index (κ3) is 3.74. The molecule has 27 heavy (non-hydrogen) atoms. The number of nitrogens with zero attached hydrogens (tertiary/aromatic N) is 3. The molecule has 7 heteroatoms. The number of nitrogens with one attached hydrogen (secondary N) is 1. The van der Waals surface area contributed by atoms with Gasteiger partial charge in [-0.15, -0.1) is 11.3 Å². The molecular weight excluding hydrogens is 424 g/mol. The Morgan fingerprint density at radius 2 is 2.30 bits per heavy atom. The van der Waals surface area contributed by atoms with Crippen LogP contribution in [-0.2, 0) is 0 Å². The van der Waals surface area contributed by atoms with Crippen molar-refractivity contribution < 1.29 is 4.42 Å². The van der Waals surface area contributed by atoms with E-state index in [-0.39, 0.29) is 0 Å². The highest BCUT2D eigenvalue weighted by atomic mass is 79.9. The third-order valence-electron chi connectivity index (χ3n) is 3.93. The molecule has 0 saturated carbocycles. The Morgan fingerprint density at radius 3 is 3.07 bits per heavy atom. The molecule has 0 radical (unpaired) electrons. The zero-order chi connectivity index (χ0) is 18.8. The summed E-state index contributed by atoms with van der Waals surface area (Å²) >= 11 is 5.05. The van der Waals surface area contributed by atoms with E-state index < -0.39 is 0 Å². The molecule has 4 rings (SSSR count). The number of fused-ring (bicyclic) bond motifs is 1. The predicted molar refractivity (Wildman–Crippen MR) is 114 cm³/mol. The Labute approximate surface area is 168 Å². The molecule has 0 amide bonds. The van der Waals surface area contributed by atoms with Gasteiger partial charge in [0.15, 0.2) is 5.76 Å². The zero-order valence-electron chi connectivity index (χ0n) is 14.6. The van der Waals surface area contributed by atoms with Crippen LogP contribution in [0.25, 0.3) is 22.4 Å². The van der Waals surface area contributed by atoms with Crippen molar-refractivity contribution in [2.75, 3.05) is 6.54 Å². The number of halogens is 1. The summed E-state index contributed by atoms with van der Waals surface area (Å²) in [6, 6.07) is 9.90. The predicted octanol–water partition coefficient (Wildman–Crippen LogP) is 5.41. The monoisotopic (exact) mass is 440 g/mol. The van der Waals surface area contributed by atoms with Crippen LogP contribution in [0.3, 0.4) is 0 Å². The fourth-order valence-corrected chi connectivity index (χ4v) is 3.84. The van der Waals surface area contributed by atoms with Crippen LogP contribution in [0, 0.1) is 0 Å². The lowest BCUT2D eigenvalue weighted by molar-refractivity contribution is 0.575. The standard InChI is InChI=1S/C20H17BrN4OS/c1-13(2)9-23-20-25(18(12-27-20)19-4-3-7-26-19)24-11-14-10-22-17-6-5-15(21)8-16(14)17/h3-8,10-12,22H,1,9H2,2H3. The van der Waals surface area contributed by atoms with Crippen LogP contribution in [0.1, 0.15) is 12.5 Å². The highest BCUT2D eigenvalue weighted by molar-refractivity contribution is 9.10. The fraction of sp³-hybridized carbons (Fsp3) is 0.100. The summed E-state index contributed by atoms with van der Waals surface area (Å²) in [4.78, 5) is 8.69. The number of furan rings is 1. The summed E-state index contributed by atoms with van der Waals surface area (Å²) in [5, 5.41) is 7.81. The van der Waals surface area contributed by atoms with E-state index in [1.807, 2.05) is 53.7 Å². The molecule has 0 saturated heterocycles. The van der Waals surface area contributed by atoms with Crippen molar-refractivity contribution in [3.05, 3.63) is 75.2 Å². The van der Waals surface area contributed by atoms with Gasteiger partial charge in [0.2, 0.25) is 4.80 Å². The first-order valence-electron chi connectivity index (χ1n) is 8.32. The Hall–Kier alpha value is -2.64. The molecule has 0 bridgehead atoms. The molecule has 0 fully saturated rings. The molecule has 0 unspecified atom stereocenters. The number of aromatic nitrogens is 2. The maximum Gasteiger partial charge on any atom is 0.206 e. The normalized spacial score (nSPS) is 12.4. The van der Waals surface area contributed by atoms with Gasteiger partial charge in [-0.3, -0.25) is 4.99 Å². The molecule has 1 aromatic carbocycles. The van der Waals surface area contributed by atoms with Crippen molar-refractivity contribution >= 4 is 44.4 Å². The lowest BCUT2D eigenvalue weighted by atomic mass is 10.2. The van der Waals surface area contributed by atoms with Gasteiger partial charge in [0.25, 0.3) is 0 Å². The van der Waals surface area contributed by atoms with E-state index in [0.717, 1.165) is 42.8 Å². The number of benzene rings is 1. The van der Waals surface area contributed by atoms with E-state index in [2.05, 4.69) is 38.6 Å². The third-order valence-corrected chi connectivity index (χ3v) is 5.28. The lowest BCUT2D eigenvalue weighted by Crippen LogP contribution is -2.12. The topological polar surface area (TPSA) is 58.6 Å². The highest BCUT2D eigenvalue weighted by Gasteiger charge is 2.10. The second kappa shape index (κ2) is 7.54. The van der Waals surface area contributed by atoms with Crippen molar-refractivity contribution in [3.63, 3.8) is 0 Å². The molecule has 0 aliphatic heterocycles. The summed E-state index contributed by atoms with van der Waals surface area (Å²) < 4.78 is 8.40. The van der Waals surface area contributed by atoms with Crippen LogP contribution in [0.4, 0.5) is 0 Å². The molecule has 3 aromatic heterocycles.